The van der Waals surface area contributed by atoms with Gasteiger partial charge in [0.25, 0.3) is 17.7 Å². The van der Waals surface area contributed by atoms with Crippen molar-refractivity contribution in [1.82, 2.24) is 20.1 Å². The van der Waals surface area contributed by atoms with Gasteiger partial charge in [0.15, 0.2) is 5.69 Å². The maximum atomic E-state index is 14.0. The summed E-state index contributed by atoms with van der Waals surface area (Å²) in [6, 6.07) is 7.87. The zero-order chi connectivity index (χ0) is 28.9. The number of nitrogens with two attached hydrogens (primary N) is 1. The number of alkyl halides is 6. The van der Waals surface area contributed by atoms with Crippen LogP contribution in [0.25, 0.3) is 11.6 Å². The van der Waals surface area contributed by atoms with Gasteiger partial charge in [-0.2, -0.15) is 26.3 Å². The molecule has 0 unspecified atom stereocenters. The van der Waals surface area contributed by atoms with Crippen molar-refractivity contribution in [2.24, 2.45) is 0 Å². The van der Waals surface area contributed by atoms with Crippen molar-refractivity contribution >= 4 is 11.6 Å². The minimum absolute atomic E-state index is 0.0464. The molecule has 1 aliphatic heterocycles. The van der Waals surface area contributed by atoms with Crippen molar-refractivity contribution in [3.8, 4) is 11.6 Å². The van der Waals surface area contributed by atoms with Crippen molar-refractivity contribution in [3.63, 3.8) is 0 Å². The van der Waals surface area contributed by atoms with Gasteiger partial charge < -0.3 is 20.2 Å². The number of hydrogen-bond acceptors (Lipinski definition) is 7. The van der Waals surface area contributed by atoms with Gasteiger partial charge >= 0.3 is 12.4 Å². The largest absolute Gasteiger partial charge is 0.426 e. The van der Waals surface area contributed by atoms with Crippen molar-refractivity contribution in [2.75, 3.05) is 12.3 Å². The molecule has 0 radical (unpaired) electrons. The number of fused-ring (bicyclic) bond motifs is 5. The van der Waals surface area contributed by atoms with E-state index in [1.165, 1.54) is 4.90 Å². The number of nitrogen functional groups attached to an aromatic ring is 1. The van der Waals surface area contributed by atoms with E-state index in [4.69, 9.17) is 10.2 Å². The minimum Gasteiger partial charge on any atom is -0.416 e. The van der Waals surface area contributed by atoms with Gasteiger partial charge in [-0.05, 0) is 55.2 Å². The molecule has 40 heavy (non-hydrogen) atoms. The Morgan fingerprint density at radius 3 is 2.48 bits per heavy atom. The summed E-state index contributed by atoms with van der Waals surface area (Å²) >= 11 is 0. The number of amides is 1. The van der Waals surface area contributed by atoms with Crippen LogP contribution in [-0.4, -0.2) is 43.8 Å². The summed E-state index contributed by atoms with van der Waals surface area (Å²) in [5.74, 6) is -2.59. The van der Waals surface area contributed by atoms with Gasteiger partial charge in [0.1, 0.15) is 5.69 Å². The Bertz CT molecular complexity index is 1420. The van der Waals surface area contributed by atoms with Gasteiger partial charge in [0.05, 0.1) is 11.3 Å². The second kappa shape index (κ2) is 10.1. The first kappa shape index (κ1) is 27.9. The molecule has 1 fully saturated rings. The highest BCUT2D eigenvalue weighted by atomic mass is 19.4. The molecule has 8 nitrogen and oxygen atoms in total. The molecule has 1 aromatic carbocycles. The average Bonchev–Trinajstić information content (AvgIpc) is 3.62. The summed E-state index contributed by atoms with van der Waals surface area (Å²) in [5.41, 5.74) is 0.374. The van der Waals surface area contributed by atoms with Crippen LogP contribution in [0.1, 0.15) is 77.5 Å². The van der Waals surface area contributed by atoms with Gasteiger partial charge in [0.2, 0.25) is 5.60 Å². The molecule has 5 rings (SSSR count). The molecule has 1 saturated carbocycles. The van der Waals surface area contributed by atoms with Gasteiger partial charge in [-0.25, -0.2) is 4.98 Å². The molecule has 2 aliphatic rings. The molecular formula is C26H25F6N5O3. The predicted octanol–water partition coefficient (Wildman–Crippen LogP) is 5.58. The molecule has 214 valence electrons. The van der Waals surface area contributed by atoms with Crippen LogP contribution < -0.4 is 5.73 Å². The van der Waals surface area contributed by atoms with Gasteiger partial charge in [0, 0.05) is 13.1 Å². The van der Waals surface area contributed by atoms with E-state index in [-0.39, 0.29) is 32.4 Å². The molecular weight excluding hydrogens is 544 g/mol. The first-order valence-corrected chi connectivity index (χ1v) is 12.7. The van der Waals surface area contributed by atoms with E-state index in [0.29, 0.717) is 17.5 Å². The minimum atomic E-state index is -5.19. The highest BCUT2D eigenvalue weighted by Crippen LogP contribution is 2.44. The summed E-state index contributed by atoms with van der Waals surface area (Å²) < 4.78 is 88.9. The Morgan fingerprint density at radius 2 is 1.80 bits per heavy atom. The number of carbonyl (C=O) groups is 1. The fraction of sp³-hybridized carbons (Fsp3) is 0.462. The Balaban J connectivity index is 1.61. The Kier molecular flexibility index (Phi) is 7.01. The van der Waals surface area contributed by atoms with Crippen molar-refractivity contribution < 1.29 is 40.7 Å². The Morgan fingerprint density at radius 1 is 1.05 bits per heavy atom. The SMILES string of the molecule is Nc1cc(C(F)(F)F)c2nc1-c1nnc(o1)[C@@](O)(C(F)(F)F)CCCCCN(Cc1cccc(C3CC3)c1)C2=O. The molecule has 0 saturated heterocycles. The first-order chi connectivity index (χ1) is 18.8. The quantitative estimate of drug-likeness (QED) is 0.396. The van der Waals surface area contributed by atoms with E-state index in [9.17, 15) is 36.2 Å². The molecule has 0 spiro atoms. The number of carbonyl (C=O) groups excluding carboxylic acids is 1. The summed E-state index contributed by atoms with van der Waals surface area (Å²) in [6.07, 6.45) is -8.83. The molecule has 2 aromatic heterocycles. The molecule has 1 atom stereocenters. The second-order valence-corrected chi connectivity index (χ2v) is 10.1. The number of benzene rings is 1. The number of rotatable bonds is 3. The van der Waals surface area contributed by atoms with Crippen LogP contribution >= 0.6 is 0 Å². The first-order valence-electron chi connectivity index (χ1n) is 12.7. The standard InChI is InChI=1S/C26H25F6N5O3/c27-25(28,29)17-12-18(33)20-21-35-36-23(40-21)24(39,26(30,31)32)9-2-1-3-10-37(22(38)19(17)34-20)13-14-5-4-6-16(11-14)15-7-8-15/h4-6,11-12,15,39H,1-3,7-10,13,33H2/t24-/m1/s1. The zero-order valence-electron chi connectivity index (χ0n) is 21.0. The lowest BCUT2D eigenvalue weighted by atomic mass is 9.95. The number of aromatic nitrogens is 3. The normalized spacial score (nSPS) is 20.9. The third-order valence-electron chi connectivity index (χ3n) is 7.14. The maximum absolute atomic E-state index is 14.0. The van der Waals surface area contributed by atoms with E-state index in [1.54, 1.807) is 6.07 Å². The number of aliphatic hydroxyl groups is 1. The molecule has 3 N–H and O–H groups in total. The van der Waals surface area contributed by atoms with Crippen LogP contribution in [-0.2, 0) is 18.3 Å². The van der Waals surface area contributed by atoms with Gasteiger partial charge in [-0.15, -0.1) is 10.2 Å². The average molecular weight is 570 g/mol. The lowest BCUT2D eigenvalue weighted by Gasteiger charge is -2.28. The van der Waals surface area contributed by atoms with Crippen LogP contribution in [0.3, 0.4) is 0 Å². The predicted molar refractivity (Wildman–Crippen MR) is 129 cm³/mol. The van der Waals surface area contributed by atoms with Gasteiger partial charge in [-0.1, -0.05) is 30.7 Å². The smallest absolute Gasteiger partial charge is 0.416 e. The van der Waals surface area contributed by atoms with Crippen LogP contribution in [0.5, 0.6) is 0 Å². The zero-order valence-corrected chi connectivity index (χ0v) is 21.0. The summed E-state index contributed by atoms with van der Waals surface area (Å²) in [6.45, 7) is -0.108. The molecule has 1 aliphatic carbocycles. The van der Waals surface area contributed by atoms with Crippen molar-refractivity contribution in [2.45, 2.75) is 68.9 Å². The topological polar surface area (TPSA) is 118 Å². The van der Waals surface area contributed by atoms with Crippen molar-refractivity contribution in [3.05, 3.63) is 58.6 Å². The molecule has 3 aromatic rings. The molecule has 4 bridgehead atoms. The van der Waals surface area contributed by atoms with Crippen molar-refractivity contribution in [1.29, 1.82) is 0 Å². The maximum Gasteiger partial charge on any atom is 0.426 e. The second-order valence-electron chi connectivity index (χ2n) is 10.1. The fourth-order valence-electron chi connectivity index (χ4n) is 4.78. The van der Waals surface area contributed by atoms with E-state index in [1.807, 2.05) is 18.2 Å². The number of nitrogens with zero attached hydrogens (tertiary/aromatic N) is 4. The lowest BCUT2D eigenvalue weighted by Crippen LogP contribution is -2.42. The summed E-state index contributed by atoms with van der Waals surface area (Å²) in [4.78, 5) is 18.7. The fourth-order valence-corrected chi connectivity index (χ4v) is 4.78. The highest BCUT2D eigenvalue weighted by molar-refractivity contribution is 5.95. The van der Waals surface area contributed by atoms with E-state index < -0.39 is 64.7 Å². The molecule has 1 amide bonds. The summed E-state index contributed by atoms with van der Waals surface area (Å²) in [7, 11) is 0. The monoisotopic (exact) mass is 569 g/mol. The number of halogens is 6. The number of anilines is 1. The van der Waals surface area contributed by atoms with E-state index >= 15 is 0 Å². The lowest BCUT2D eigenvalue weighted by molar-refractivity contribution is -0.277. The number of hydrogen-bond donors (Lipinski definition) is 2. The van der Waals surface area contributed by atoms with Crippen LogP contribution in [0.4, 0.5) is 32.0 Å². The van der Waals surface area contributed by atoms with Gasteiger partial charge in [-0.3, -0.25) is 4.79 Å². The Labute approximate surface area is 224 Å². The highest BCUT2D eigenvalue weighted by Gasteiger charge is 2.58. The molecule has 3 heterocycles. The third-order valence-corrected chi connectivity index (χ3v) is 7.14. The van der Waals surface area contributed by atoms with E-state index in [0.717, 1.165) is 18.4 Å². The van der Waals surface area contributed by atoms with Crippen LogP contribution in [0.15, 0.2) is 34.7 Å². The number of pyridine rings is 1. The Hall–Kier alpha value is -3.68. The van der Waals surface area contributed by atoms with Crippen LogP contribution in [0.2, 0.25) is 0 Å². The summed E-state index contributed by atoms with van der Waals surface area (Å²) in [5, 5.41) is 17.3. The van der Waals surface area contributed by atoms with Crippen LogP contribution in [0, 0.1) is 0 Å². The third kappa shape index (κ3) is 5.36. The van der Waals surface area contributed by atoms with E-state index in [2.05, 4.69) is 15.2 Å². The molecule has 14 heteroatoms.